The van der Waals surface area contributed by atoms with Gasteiger partial charge >= 0.3 is 0 Å². The van der Waals surface area contributed by atoms with Crippen molar-refractivity contribution in [1.82, 2.24) is 19.7 Å². The summed E-state index contributed by atoms with van der Waals surface area (Å²) in [6.45, 7) is 3.18. The summed E-state index contributed by atoms with van der Waals surface area (Å²) < 4.78 is 15.5. The monoisotopic (exact) mass is 331 g/mol. The molecule has 6 nitrogen and oxygen atoms in total. The molecule has 1 fully saturated rings. The first kappa shape index (κ1) is 16.4. The van der Waals surface area contributed by atoms with E-state index in [9.17, 15) is 9.18 Å². The number of anilines is 1. The molecule has 0 bridgehead atoms. The summed E-state index contributed by atoms with van der Waals surface area (Å²) in [5, 5.41) is 7.34. The number of carbonyl (C=O) groups excluding carboxylic acids is 1. The number of hydrogen-bond acceptors (Lipinski definition) is 4. The van der Waals surface area contributed by atoms with Gasteiger partial charge in [-0.25, -0.2) is 9.37 Å². The molecule has 2 aromatic heterocycles. The Morgan fingerprint density at radius 3 is 2.96 bits per heavy atom. The molecule has 3 heterocycles. The SMILES string of the molecule is CCN1C(=O)CC[C@H](CNc2ncccc2F)[C@H]1c1cnn(C)c1. The van der Waals surface area contributed by atoms with Crippen molar-refractivity contribution >= 4 is 11.7 Å². The van der Waals surface area contributed by atoms with E-state index in [1.54, 1.807) is 23.1 Å². The Morgan fingerprint density at radius 1 is 1.46 bits per heavy atom. The van der Waals surface area contributed by atoms with E-state index >= 15 is 0 Å². The zero-order valence-corrected chi connectivity index (χ0v) is 13.9. The maximum absolute atomic E-state index is 13.8. The smallest absolute Gasteiger partial charge is 0.223 e. The minimum atomic E-state index is -0.366. The van der Waals surface area contributed by atoms with Gasteiger partial charge in [-0.2, -0.15) is 5.10 Å². The normalized spacial score (nSPS) is 21.1. The largest absolute Gasteiger partial charge is 0.367 e. The minimum absolute atomic E-state index is 0.0516. The van der Waals surface area contributed by atoms with Crippen molar-refractivity contribution < 1.29 is 9.18 Å². The van der Waals surface area contributed by atoms with Crippen LogP contribution in [0.25, 0.3) is 0 Å². The lowest BCUT2D eigenvalue weighted by atomic mass is 9.85. The number of rotatable bonds is 5. The minimum Gasteiger partial charge on any atom is -0.367 e. The number of aryl methyl sites for hydroxylation is 1. The molecular weight excluding hydrogens is 309 g/mol. The number of piperidine rings is 1. The Bertz CT molecular complexity index is 717. The standard InChI is InChI=1S/C17H22FN5O/c1-3-23-15(24)7-6-12(16(23)13-10-21-22(2)11-13)9-20-17-14(18)5-4-8-19-17/h4-5,8,10-12,16H,3,6-7,9H2,1-2H3,(H,19,20)/t12-,16+/m1/s1. The van der Waals surface area contributed by atoms with Crippen LogP contribution in [0.5, 0.6) is 0 Å². The van der Waals surface area contributed by atoms with Crippen molar-refractivity contribution in [1.29, 1.82) is 0 Å². The van der Waals surface area contributed by atoms with Gasteiger partial charge in [-0.3, -0.25) is 9.48 Å². The number of likely N-dealkylation sites (tertiary alicyclic amines) is 1. The van der Waals surface area contributed by atoms with E-state index in [0.29, 0.717) is 19.5 Å². The van der Waals surface area contributed by atoms with Crippen LogP contribution in [0.15, 0.2) is 30.7 Å². The third-order valence-electron chi connectivity index (χ3n) is 4.53. The first-order chi connectivity index (χ1) is 11.6. The lowest BCUT2D eigenvalue weighted by Crippen LogP contribution is -2.44. The van der Waals surface area contributed by atoms with Crippen LogP contribution in [-0.2, 0) is 11.8 Å². The van der Waals surface area contributed by atoms with Crippen LogP contribution in [0.4, 0.5) is 10.2 Å². The molecule has 0 saturated carbocycles. The molecule has 0 aromatic carbocycles. The summed E-state index contributed by atoms with van der Waals surface area (Å²) in [7, 11) is 1.86. The first-order valence-corrected chi connectivity index (χ1v) is 8.22. The predicted molar refractivity (Wildman–Crippen MR) is 88.7 cm³/mol. The summed E-state index contributed by atoms with van der Waals surface area (Å²) in [6.07, 6.45) is 6.59. The molecule has 3 rings (SSSR count). The molecule has 0 radical (unpaired) electrons. The zero-order chi connectivity index (χ0) is 17.1. The number of hydrogen-bond donors (Lipinski definition) is 1. The molecule has 24 heavy (non-hydrogen) atoms. The zero-order valence-electron chi connectivity index (χ0n) is 13.9. The molecule has 1 aliphatic heterocycles. The number of nitrogens with zero attached hydrogens (tertiary/aromatic N) is 4. The predicted octanol–water partition coefficient (Wildman–Crippen LogP) is 2.37. The third kappa shape index (κ3) is 3.25. The average molecular weight is 331 g/mol. The second-order valence-corrected chi connectivity index (χ2v) is 6.09. The van der Waals surface area contributed by atoms with E-state index in [1.807, 2.05) is 25.1 Å². The molecule has 1 N–H and O–H groups in total. The van der Waals surface area contributed by atoms with Crippen LogP contribution in [0, 0.1) is 11.7 Å². The van der Waals surface area contributed by atoms with Gasteiger partial charge in [-0.15, -0.1) is 0 Å². The van der Waals surface area contributed by atoms with Gasteiger partial charge in [0.2, 0.25) is 5.91 Å². The van der Waals surface area contributed by atoms with Crippen molar-refractivity contribution in [2.24, 2.45) is 13.0 Å². The molecule has 2 atom stereocenters. The van der Waals surface area contributed by atoms with Crippen LogP contribution in [0.2, 0.25) is 0 Å². The second kappa shape index (κ2) is 6.98. The molecule has 1 amide bonds. The molecule has 1 aliphatic rings. The highest BCUT2D eigenvalue weighted by Gasteiger charge is 2.36. The van der Waals surface area contributed by atoms with Gasteiger partial charge < -0.3 is 10.2 Å². The van der Waals surface area contributed by atoms with Gasteiger partial charge in [0.05, 0.1) is 12.2 Å². The number of halogens is 1. The lowest BCUT2D eigenvalue weighted by molar-refractivity contribution is -0.138. The molecule has 7 heteroatoms. The fourth-order valence-electron chi connectivity index (χ4n) is 3.40. The van der Waals surface area contributed by atoms with Crippen molar-refractivity contribution in [2.45, 2.75) is 25.8 Å². The molecule has 0 aliphatic carbocycles. The Morgan fingerprint density at radius 2 is 2.29 bits per heavy atom. The molecule has 0 unspecified atom stereocenters. The molecule has 128 valence electrons. The summed E-state index contributed by atoms with van der Waals surface area (Å²) in [5.41, 5.74) is 1.01. The topological polar surface area (TPSA) is 63.1 Å². The summed E-state index contributed by atoms with van der Waals surface area (Å²) in [5.74, 6) is 0.219. The van der Waals surface area contributed by atoms with Crippen LogP contribution in [0.1, 0.15) is 31.4 Å². The Labute approximate surface area is 140 Å². The Kier molecular flexibility index (Phi) is 4.78. The van der Waals surface area contributed by atoms with Gasteiger partial charge in [0.1, 0.15) is 0 Å². The fourth-order valence-corrected chi connectivity index (χ4v) is 3.40. The molecule has 1 saturated heterocycles. The highest BCUT2D eigenvalue weighted by atomic mass is 19.1. The Balaban J connectivity index is 1.81. The Hall–Kier alpha value is -2.44. The van der Waals surface area contributed by atoms with E-state index in [-0.39, 0.29) is 29.5 Å². The van der Waals surface area contributed by atoms with E-state index in [2.05, 4.69) is 15.4 Å². The number of aromatic nitrogens is 3. The first-order valence-electron chi connectivity index (χ1n) is 8.22. The van der Waals surface area contributed by atoms with Crippen molar-refractivity contribution in [3.05, 3.63) is 42.1 Å². The molecule has 0 spiro atoms. The number of nitrogens with one attached hydrogen (secondary N) is 1. The highest BCUT2D eigenvalue weighted by Crippen LogP contribution is 2.36. The lowest BCUT2D eigenvalue weighted by Gasteiger charge is -2.40. The van der Waals surface area contributed by atoms with Crippen molar-refractivity contribution in [3.63, 3.8) is 0 Å². The van der Waals surface area contributed by atoms with Gasteiger partial charge in [-0.1, -0.05) is 0 Å². The maximum Gasteiger partial charge on any atom is 0.223 e. The van der Waals surface area contributed by atoms with E-state index in [1.165, 1.54) is 6.07 Å². The number of pyridine rings is 1. The summed E-state index contributed by atoms with van der Waals surface area (Å²) >= 11 is 0. The number of amides is 1. The number of carbonyl (C=O) groups is 1. The molecular formula is C17H22FN5O. The van der Waals surface area contributed by atoms with Gasteiger partial charge in [0, 0.05) is 50.4 Å². The van der Waals surface area contributed by atoms with Crippen molar-refractivity contribution in [2.75, 3.05) is 18.4 Å². The van der Waals surface area contributed by atoms with E-state index < -0.39 is 0 Å². The van der Waals surface area contributed by atoms with Gasteiger partial charge in [-0.05, 0) is 25.5 Å². The average Bonchev–Trinajstić information content (AvgIpc) is 3.00. The summed E-state index contributed by atoms with van der Waals surface area (Å²) in [4.78, 5) is 18.2. The van der Waals surface area contributed by atoms with Crippen LogP contribution < -0.4 is 5.32 Å². The van der Waals surface area contributed by atoms with Crippen LogP contribution >= 0.6 is 0 Å². The van der Waals surface area contributed by atoms with Crippen LogP contribution in [0.3, 0.4) is 0 Å². The van der Waals surface area contributed by atoms with Crippen molar-refractivity contribution in [3.8, 4) is 0 Å². The maximum atomic E-state index is 13.8. The third-order valence-corrected chi connectivity index (χ3v) is 4.53. The van der Waals surface area contributed by atoms with Gasteiger partial charge in [0.25, 0.3) is 0 Å². The quantitative estimate of drug-likeness (QED) is 0.914. The second-order valence-electron chi connectivity index (χ2n) is 6.09. The highest BCUT2D eigenvalue weighted by molar-refractivity contribution is 5.77. The fraction of sp³-hybridized carbons (Fsp3) is 0.471. The molecule has 2 aromatic rings. The van der Waals surface area contributed by atoms with Gasteiger partial charge in [0.15, 0.2) is 11.6 Å². The summed E-state index contributed by atoms with van der Waals surface area (Å²) in [6, 6.07) is 2.90. The van der Waals surface area contributed by atoms with E-state index in [4.69, 9.17) is 0 Å². The van der Waals surface area contributed by atoms with E-state index in [0.717, 1.165) is 12.0 Å². The van der Waals surface area contributed by atoms with Crippen LogP contribution in [-0.4, -0.2) is 38.7 Å².